The van der Waals surface area contributed by atoms with Crippen molar-refractivity contribution in [2.45, 2.75) is 0 Å². The third-order valence-corrected chi connectivity index (χ3v) is 2.32. The lowest BCUT2D eigenvalue weighted by Crippen LogP contribution is -1.93. The van der Waals surface area contributed by atoms with E-state index in [4.69, 9.17) is 22.1 Å². The number of aromatic amines is 1. The van der Waals surface area contributed by atoms with Gasteiger partial charge in [0.05, 0.1) is 23.4 Å². The number of rotatable bonds is 2. The number of H-pyrrole nitrogens is 1. The van der Waals surface area contributed by atoms with E-state index in [1.54, 1.807) is 19.2 Å². The molecule has 15 heavy (non-hydrogen) atoms. The topological polar surface area (TPSA) is 76.8 Å². The minimum absolute atomic E-state index is 0.460. The second kappa shape index (κ2) is 3.78. The number of nitrogen functional groups attached to an aromatic ring is 1. The summed E-state index contributed by atoms with van der Waals surface area (Å²) < 4.78 is 5.18. The minimum Gasteiger partial charge on any atom is -0.496 e. The van der Waals surface area contributed by atoms with Gasteiger partial charge in [-0.25, -0.2) is 4.98 Å². The molecule has 0 aliphatic carbocycles. The molecule has 1 aromatic heterocycles. The number of benzene rings is 1. The van der Waals surface area contributed by atoms with Gasteiger partial charge in [0, 0.05) is 6.07 Å². The molecule has 2 rings (SSSR count). The maximum atomic E-state index is 5.92. The summed E-state index contributed by atoms with van der Waals surface area (Å²) in [5.41, 5.74) is 6.86. The summed E-state index contributed by atoms with van der Waals surface area (Å²) in [5.74, 6) is 1.20. The molecule has 0 aliphatic rings. The molecule has 0 bridgehead atoms. The van der Waals surface area contributed by atoms with E-state index in [0.29, 0.717) is 22.3 Å². The van der Waals surface area contributed by atoms with Crippen LogP contribution in [-0.4, -0.2) is 22.3 Å². The minimum atomic E-state index is 0.460. The monoisotopic (exact) mass is 224 g/mol. The van der Waals surface area contributed by atoms with Gasteiger partial charge < -0.3 is 10.5 Å². The van der Waals surface area contributed by atoms with E-state index in [1.807, 2.05) is 0 Å². The zero-order valence-electron chi connectivity index (χ0n) is 7.99. The number of nitrogens with one attached hydrogen (secondary N) is 1. The molecular formula is C9H9ClN4O. The van der Waals surface area contributed by atoms with Crippen LogP contribution in [0.3, 0.4) is 0 Å². The molecule has 0 amide bonds. The van der Waals surface area contributed by atoms with E-state index in [1.165, 1.54) is 6.33 Å². The van der Waals surface area contributed by atoms with E-state index in [9.17, 15) is 0 Å². The summed E-state index contributed by atoms with van der Waals surface area (Å²) in [6.45, 7) is 0. The Kier molecular flexibility index (Phi) is 2.47. The van der Waals surface area contributed by atoms with Crippen molar-refractivity contribution < 1.29 is 4.74 Å². The first-order valence-electron chi connectivity index (χ1n) is 4.21. The van der Waals surface area contributed by atoms with Crippen molar-refractivity contribution in [3.8, 4) is 17.1 Å². The molecule has 0 spiro atoms. The van der Waals surface area contributed by atoms with Gasteiger partial charge in [0.15, 0.2) is 5.82 Å². The number of anilines is 1. The zero-order chi connectivity index (χ0) is 10.8. The van der Waals surface area contributed by atoms with Crippen molar-refractivity contribution in [1.82, 2.24) is 15.2 Å². The summed E-state index contributed by atoms with van der Waals surface area (Å²) in [6, 6.07) is 3.34. The van der Waals surface area contributed by atoms with Gasteiger partial charge in [-0.05, 0) is 6.07 Å². The van der Waals surface area contributed by atoms with Crippen molar-refractivity contribution in [2.24, 2.45) is 0 Å². The Hall–Kier alpha value is -1.75. The lowest BCUT2D eigenvalue weighted by Gasteiger charge is -2.08. The van der Waals surface area contributed by atoms with Gasteiger partial charge in [-0.3, -0.25) is 5.10 Å². The quantitative estimate of drug-likeness (QED) is 0.762. The normalized spacial score (nSPS) is 10.3. The summed E-state index contributed by atoms with van der Waals surface area (Å²) in [4.78, 5) is 4.02. The van der Waals surface area contributed by atoms with Crippen molar-refractivity contribution in [1.29, 1.82) is 0 Å². The highest BCUT2D eigenvalue weighted by Gasteiger charge is 2.11. The van der Waals surface area contributed by atoms with E-state index < -0.39 is 0 Å². The summed E-state index contributed by atoms with van der Waals surface area (Å²) in [5, 5.41) is 6.95. The molecule has 78 valence electrons. The van der Waals surface area contributed by atoms with Gasteiger partial charge in [-0.15, -0.1) is 0 Å². The van der Waals surface area contributed by atoms with E-state index in [2.05, 4.69) is 15.2 Å². The fourth-order valence-electron chi connectivity index (χ4n) is 1.26. The molecule has 0 unspecified atom stereocenters. The Bertz CT molecular complexity index is 469. The number of methoxy groups -OCH3 is 1. The van der Waals surface area contributed by atoms with Gasteiger partial charge in [-0.2, -0.15) is 5.10 Å². The largest absolute Gasteiger partial charge is 0.496 e. The molecule has 0 saturated heterocycles. The van der Waals surface area contributed by atoms with Gasteiger partial charge in [0.1, 0.15) is 12.1 Å². The van der Waals surface area contributed by atoms with Gasteiger partial charge >= 0.3 is 0 Å². The summed E-state index contributed by atoms with van der Waals surface area (Å²) >= 11 is 5.92. The van der Waals surface area contributed by atoms with E-state index in [0.717, 1.165) is 5.56 Å². The molecule has 0 radical (unpaired) electrons. The highest BCUT2D eigenvalue weighted by Crippen LogP contribution is 2.33. The molecule has 0 aliphatic heterocycles. The van der Waals surface area contributed by atoms with Crippen molar-refractivity contribution >= 4 is 17.3 Å². The predicted octanol–water partition coefficient (Wildman–Crippen LogP) is 1.72. The first-order chi connectivity index (χ1) is 7.22. The van der Waals surface area contributed by atoms with Crippen LogP contribution in [0.25, 0.3) is 11.4 Å². The van der Waals surface area contributed by atoms with Crippen LogP contribution < -0.4 is 10.5 Å². The van der Waals surface area contributed by atoms with Crippen LogP contribution in [0.4, 0.5) is 5.69 Å². The molecule has 2 aromatic rings. The van der Waals surface area contributed by atoms with Crippen molar-refractivity contribution in [3.63, 3.8) is 0 Å². The first-order valence-corrected chi connectivity index (χ1v) is 4.59. The SMILES string of the molecule is COc1cc(N)c(Cl)cc1-c1ncn[nH]1. The predicted molar refractivity (Wildman–Crippen MR) is 57.8 cm³/mol. The molecule has 0 saturated carbocycles. The summed E-state index contributed by atoms with van der Waals surface area (Å²) in [7, 11) is 1.56. The van der Waals surface area contributed by atoms with E-state index in [-0.39, 0.29) is 0 Å². The van der Waals surface area contributed by atoms with Crippen LogP contribution >= 0.6 is 11.6 Å². The number of halogens is 1. The Morgan fingerprint density at radius 1 is 1.47 bits per heavy atom. The number of hydrogen-bond donors (Lipinski definition) is 2. The Labute approximate surface area is 91.2 Å². The smallest absolute Gasteiger partial charge is 0.159 e. The maximum Gasteiger partial charge on any atom is 0.159 e. The van der Waals surface area contributed by atoms with Crippen molar-refractivity contribution in [2.75, 3.05) is 12.8 Å². The van der Waals surface area contributed by atoms with Gasteiger partial charge in [-0.1, -0.05) is 11.6 Å². The van der Waals surface area contributed by atoms with Crippen LogP contribution in [0.1, 0.15) is 0 Å². The second-order valence-corrected chi connectivity index (χ2v) is 3.32. The second-order valence-electron chi connectivity index (χ2n) is 2.91. The Morgan fingerprint density at radius 2 is 2.27 bits per heavy atom. The number of aromatic nitrogens is 3. The molecule has 1 heterocycles. The third kappa shape index (κ3) is 1.73. The standard InChI is InChI=1S/C9H9ClN4O/c1-15-8-3-7(11)6(10)2-5(8)9-12-4-13-14-9/h2-4H,11H2,1H3,(H,12,13,14). The maximum absolute atomic E-state index is 5.92. The molecule has 5 nitrogen and oxygen atoms in total. The number of nitrogens with zero attached hydrogens (tertiary/aromatic N) is 2. The average molecular weight is 225 g/mol. The van der Waals surface area contributed by atoms with Crippen LogP contribution in [0.5, 0.6) is 5.75 Å². The fourth-order valence-corrected chi connectivity index (χ4v) is 1.42. The lowest BCUT2D eigenvalue weighted by atomic mass is 10.1. The highest BCUT2D eigenvalue weighted by atomic mass is 35.5. The molecule has 1 aromatic carbocycles. The molecule has 3 N–H and O–H groups in total. The number of hydrogen-bond acceptors (Lipinski definition) is 4. The van der Waals surface area contributed by atoms with Gasteiger partial charge in [0.25, 0.3) is 0 Å². The van der Waals surface area contributed by atoms with Crippen LogP contribution in [0, 0.1) is 0 Å². The Balaban J connectivity index is 2.60. The van der Waals surface area contributed by atoms with E-state index >= 15 is 0 Å². The van der Waals surface area contributed by atoms with Crippen LogP contribution in [0.15, 0.2) is 18.5 Å². The number of ether oxygens (including phenoxy) is 1. The molecule has 0 fully saturated rings. The third-order valence-electron chi connectivity index (χ3n) is 1.99. The van der Waals surface area contributed by atoms with Crippen molar-refractivity contribution in [3.05, 3.63) is 23.5 Å². The molecule has 6 heteroatoms. The van der Waals surface area contributed by atoms with Crippen LogP contribution in [0.2, 0.25) is 5.02 Å². The zero-order valence-corrected chi connectivity index (χ0v) is 8.75. The highest BCUT2D eigenvalue weighted by molar-refractivity contribution is 6.33. The fraction of sp³-hybridized carbons (Fsp3) is 0.111. The van der Waals surface area contributed by atoms with Gasteiger partial charge in [0.2, 0.25) is 0 Å². The molecule has 0 atom stereocenters. The lowest BCUT2D eigenvalue weighted by molar-refractivity contribution is 0.416. The summed E-state index contributed by atoms with van der Waals surface area (Å²) in [6.07, 6.45) is 1.42. The molecular weight excluding hydrogens is 216 g/mol. The first kappa shape index (κ1) is 9.79. The average Bonchev–Trinajstić information content (AvgIpc) is 2.74. The van der Waals surface area contributed by atoms with Crippen LogP contribution in [-0.2, 0) is 0 Å². The Morgan fingerprint density at radius 3 is 2.87 bits per heavy atom. The number of nitrogens with two attached hydrogens (primary N) is 1.